The van der Waals surface area contributed by atoms with Gasteiger partial charge >= 0.3 is 0 Å². The molecule has 0 aliphatic carbocycles. The van der Waals surface area contributed by atoms with Gasteiger partial charge in [-0.25, -0.2) is 0 Å². The topological polar surface area (TPSA) is 38.3 Å². The van der Waals surface area contributed by atoms with Crippen molar-refractivity contribution in [1.82, 2.24) is 5.32 Å². The normalized spacial score (nSPS) is 12.1. The molecule has 0 bridgehead atoms. The summed E-state index contributed by atoms with van der Waals surface area (Å²) < 4.78 is 5.31. The first kappa shape index (κ1) is 14.9. The molecule has 0 radical (unpaired) electrons. The summed E-state index contributed by atoms with van der Waals surface area (Å²) in [6.07, 6.45) is 3.34. The van der Waals surface area contributed by atoms with E-state index in [4.69, 9.17) is 4.74 Å². The zero-order valence-corrected chi connectivity index (χ0v) is 12.2. The maximum absolute atomic E-state index is 12.0. The van der Waals surface area contributed by atoms with Crippen molar-refractivity contribution in [3.05, 3.63) is 71.8 Å². The van der Waals surface area contributed by atoms with Gasteiger partial charge in [-0.15, -0.1) is 0 Å². The quantitative estimate of drug-likeness (QED) is 0.851. The number of para-hydroxylation sites is 1. The molecule has 0 aliphatic heterocycles. The largest absolute Gasteiger partial charge is 0.496 e. The van der Waals surface area contributed by atoms with Crippen molar-refractivity contribution < 1.29 is 9.53 Å². The van der Waals surface area contributed by atoms with E-state index in [1.165, 1.54) is 0 Å². The van der Waals surface area contributed by atoms with Gasteiger partial charge in [0, 0.05) is 11.6 Å². The van der Waals surface area contributed by atoms with E-state index in [0.717, 1.165) is 16.9 Å². The lowest BCUT2D eigenvalue weighted by atomic mass is 10.1. The lowest BCUT2D eigenvalue weighted by Crippen LogP contribution is -2.24. The van der Waals surface area contributed by atoms with Crippen molar-refractivity contribution in [2.75, 3.05) is 7.11 Å². The second kappa shape index (κ2) is 7.29. The van der Waals surface area contributed by atoms with E-state index in [0.29, 0.717) is 0 Å². The Morgan fingerprint density at radius 1 is 1.10 bits per heavy atom. The van der Waals surface area contributed by atoms with Gasteiger partial charge in [0.25, 0.3) is 0 Å². The van der Waals surface area contributed by atoms with Gasteiger partial charge in [-0.2, -0.15) is 0 Å². The molecule has 1 atom stereocenters. The van der Waals surface area contributed by atoms with E-state index < -0.39 is 0 Å². The smallest absolute Gasteiger partial charge is 0.244 e. The Balaban J connectivity index is 2.01. The number of methoxy groups -OCH3 is 1. The highest BCUT2D eigenvalue weighted by atomic mass is 16.5. The first-order valence-corrected chi connectivity index (χ1v) is 6.87. The molecular weight excluding hydrogens is 262 g/mol. The van der Waals surface area contributed by atoms with Crippen LogP contribution in [0.2, 0.25) is 0 Å². The van der Waals surface area contributed by atoms with Gasteiger partial charge in [-0.3, -0.25) is 4.79 Å². The van der Waals surface area contributed by atoms with Gasteiger partial charge in [0.1, 0.15) is 5.75 Å². The summed E-state index contributed by atoms with van der Waals surface area (Å²) in [6.45, 7) is 1.94. The lowest BCUT2D eigenvalue weighted by molar-refractivity contribution is -0.117. The van der Waals surface area contributed by atoms with Gasteiger partial charge in [-0.05, 0) is 24.6 Å². The molecular formula is C18H19NO2. The van der Waals surface area contributed by atoms with Crippen molar-refractivity contribution in [3.63, 3.8) is 0 Å². The first-order chi connectivity index (χ1) is 10.2. The standard InChI is InChI=1S/C18H19NO2/c1-14(16-10-6-7-11-17(16)21-2)19-18(20)13-12-15-8-4-3-5-9-15/h3-14H,1-2H3,(H,19,20)/b13-12+/t14-/m1/s1. The fourth-order valence-electron chi connectivity index (χ4n) is 2.10. The van der Waals surface area contributed by atoms with Crippen LogP contribution >= 0.6 is 0 Å². The third-order valence-corrected chi connectivity index (χ3v) is 3.19. The van der Waals surface area contributed by atoms with Gasteiger partial charge in [0.2, 0.25) is 5.91 Å². The molecule has 0 heterocycles. The summed E-state index contributed by atoms with van der Waals surface area (Å²) in [5, 5.41) is 2.94. The molecule has 2 aromatic rings. The molecule has 0 saturated heterocycles. The van der Waals surface area contributed by atoms with Crippen LogP contribution in [-0.2, 0) is 4.79 Å². The van der Waals surface area contributed by atoms with Crippen molar-refractivity contribution in [2.24, 2.45) is 0 Å². The monoisotopic (exact) mass is 281 g/mol. The van der Waals surface area contributed by atoms with E-state index in [1.807, 2.05) is 61.5 Å². The predicted octanol–water partition coefficient (Wildman–Crippen LogP) is 3.59. The summed E-state index contributed by atoms with van der Waals surface area (Å²) in [6, 6.07) is 17.3. The molecule has 0 saturated carbocycles. The molecule has 1 amide bonds. The van der Waals surface area contributed by atoms with E-state index in [-0.39, 0.29) is 11.9 Å². The number of carbonyl (C=O) groups excluding carboxylic acids is 1. The zero-order chi connectivity index (χ0) is 15.1. The summed E-state index contributed by atoms with van der Waals surface area (Å²) >= 11 is 0. The van der Waals surface area contributed by atoms with Gasteiger partial charge < -0.3 is 10.1 Å². The van der Waals surface area contributed by atoms with Crippen LogP contribution in [0.3, 0.4) is 0 Å². The molecule has 3 heteroatoms. The highest BCUT2D eigenvalue weighted by Gasteiger charge is 2.11. The predicted molar refractivity (Wildman–Crippen MR) is 85.0 cm³/mol. The zero-order valence-electron chi connectivity index (χ0n) is 12.2. The van der Waals surface area contributed by atoms with Gasteiger partial charge in [-0.1, -0.05) is 48.5 Å². The van der Waals surface area contributed by atoms with Gasteiger partial charge in [0.05, 0.1) is 13.2 Å². The van der Waals surface area contributed by atoms with Crippen molar-refractivity contribution in [3.8, 4) is 5.75 Å². The number of hydrogen-bond donors (Lipinski definition) is 1. The maximum Gasteiger partial charge on any atom is 0.244 e. The Labute approximate surface area is 125 Å². The summed E-state index contributed by atoms with van der Waals surface area (Å²) in [7, 11) is 1.63. The minimum absolute atomic E-state index is 0.117. The molecule has 0 spiro atoms. The Morgan fingerprint density at radius 3 is 2.48 bits per heavy atom. The van der Waals surface area contributed by atoms with E-state index in [9.17, 15) is 4.79 Å². The fourth-order valence-corrected chi connectivity index (χ4v) is 2.10. The highest BCUT2D eigenvalue weighted by Crippen LogP contribution is 2.24. The molecule has 21 heavy (non-hydrogen) atoms. The summed E-state index contributed by atoms with van der Waals surface area (Å²) in [4.78, 5) is 12.0. The average molecular weight is 281 g/mol. The number of nitrogens with one attached hydrogen (secondary N) is 1. The van der Waals surface area contributed by atoms with E-state index >= 15 is 0 Å². The number of rotatable bonds is 5. The lowest BCUT2D eigenvalue weighted by Gasteiger charge is -2.16. The fraction of sp³-hybridized carbons (Fsp3) is 0.167. The van der Waals surface area contributed by atoms with Crippen LogP contribution in [0.1, 0.15) is 24.1 Å². The van der Waals surface area contributed by atoms with Crippen LogP contribution < -0.4 is 10.1 Å². The minimum Gasteiger partial charge on any atom is -0.496 e. The molecule has 0 aliphatic rings. The van der Waals surface area contributed by atoms with Crippen LogP contribution in [0.25, 0.3) is 6.08 Å². The Bertz CT molecular complexity index is 620. The number of hydrogen-bond acceptors (Lipinski definition) is 2. The molecule has 2 aromatic carbocycles. The van der Waals surface area contributed by atoms with Crippen molar-refractivity contribution in [2.45, 2.75) is 13.0 Å². The molecule has 2 rings (SSSR count). The Morgan fingerprint density at radius 2 is 1.76 bits per heavy atom. The molecule has 0 aromatic heterocycles. The Kier molecular flexibility index (Phi) is 5.16. The van der Waals surface area contributed by atoms with E-state index in [1.54, 1.807) is 19.3 Å². The molecule has 0 fully saturated rings. The first-order valence-electron chi connectivity index (χ1n) is 6.87. The molecule has 108 valence electrons. The van der Waals surface area contributed by atoms with Crippen molar-refractivity contribution >= 4 is 12.0 Å². The van der Waals surface area contributed by atoms with Crippen LogP contribution in [-0.4, -0.2) is 13.0 Å². The third kappa shape index (κ3) is 4.21. The molecule has 0 unspecified atom stereocenters. The third-order valence-electron chi connectivity index (χ3n) is 3.19. The molecule has 1 N–H and O–H groups in total. The van der Waals surface area contributed by atoms with Crippen LogP contribution in [0.15, 0.2) is 60.7 Å². The number of ether oxygens (including phenoxy) is 1. The number of amides is 1. The van der Waals surface area contributed by atoms with Crippen LogP contribution in [0.5, 0.6) is 5.75 Å². The minimum atomic E-state index is -0.128. The number of benzene rings is 2. The maximum atomic E-state index is 12.0. The second-order valence-electron chi connectivity index (χ2n) is 4.72. The van der Waals surface area contributed by atoms with Crippen molar-refractivity contribution in [1.29, 1.82) is 0 Å². The Hall–Kier alpha value is -2.55. The summed E-state index contributed by atoms with van der Waals surface area (Å²) in [5.41, 5.74) is 1.96. The summed E-state index contributed by atoms with van der Waals surface area (Å²) in [5.74, 6) is 0.648. The SMILES string of the molecule is COc1ccccc1[C@@H](C)NC(=O)/C=C/c1ccccc1. The highest BCUT2D eigenvalue weighted by molar-refractivity contribution is 5.92. The van der Waals surface area contributed by atoms with E-state index in [2.05, 4.69) is 5.32 Å². The second-order valence-corrected chi connectivity index (χ2v) is 4.72. The number of carbonyl (C=O) groups is 1. The molecule has 3 nitrogen and oxygen atoms in total. The van der Waals surface area contributed by atoms with Crippen LogP contribution in [0, 0.1) is 0 Å². The average Bonchev–Trinajstić information content (AvgIpc) is 2.53. The van der Waals surface area contributed by atoms with Gasteiger partial charge in [0.15, 0.2) is 0 Å². The van der Waals surface area contributed by atoms with Crippen LogP contribution in [0.4, 0.5) is 0 Å².